The summed E-state index contributed by atoms with van der Waals surface area (Å²) >= 11 is 0. The molecule has 3 aromatic rings. The molecule has 0 aliphatic heterocycles. The third kappa shape index (κ3) is 7.24. The number of hydrogen-bond donors (Lipinski definition) is 1. The maximum atomic E-state index is 13.5. The molecule has 172 valence electrons. The SMILES string of the molecule is CCCNC(=O)[C@H](Cc1ccccc1)N(Cc1ccc(F)cc1)C(=O)Cc1ccc(F)cc1. The van der Waals surface area contributed by atoms with Crippen LogP contribution >= 0.6 is 0 Å². The summed E-state index contributed by atoms with van der Waals surface area (Å²) in [5.41, 5.74) is 2.29. The number of halogens is 2. The molecule has 0 aliphatic carbocycles. The third-order valence-corrected chi connectivity index (χ3v) is 5.36. The third-order valence-electron chi connectivity index (χ3n) is 5.36. The molecule has 3 rings (SSSR count). The van der Waals surface area contributed by atoms with E-state index >= 15 is 0 Å². The van der Waals surface area contributed by atoms with Gasteiger partial charge in [0.1, 0.15) is 17.7 Å². The Morgan fingerprint density at radius 3 is 1.97 bits per heavy atom. The van der Waals surface area contributed by atoms with Gasteiger partial charge in [-0.05, 0) is 47.4 Å². The lowest BCUT2D eigenvalue weighted by molar-refractivity contribution is -0.140. The highest BCUT2D eigenvalue weighted by molar-refractivity contribution is 5.88. The molecule has 0 unspecified atom stereocenters. The van der Waals surface area contributed by atoms with Gasteiger partial charge < -0.3 is 10.2 Å². The second-order valence-electron chi connectivity index (χ2n) is 7.95. The maximum absolute atomic E-state index is 13.5. The van der Waals surface area contributed by atoms with Crippen LogP contribution in [0.15, 0.2) is 78.9 Å². The lowest BCUT2D eigenvalue weighted by Gasteiger charge is -2.31. The smallest absolute Gasteiger partial charge is 0.243 e. The van der Waals surface area contributed by atoms with Gasteiger partial charge in [0, 0.05) is 19.5 Å². The highest BCUT2D eigenvalue weighted by Gasteiger charge is 2.30. The van der Waals surface area contributed by atoms with Gasteiger partial charge in [0.25, 0.3) is 0 Å². The molecule has 4 nitrogen and oxygen atoms in total. The minimum Gasteiger partial charge on any atom is -0.354 e. The molecule has 33 heavy (non-hydrogen) atoms. The number of carbonyl (C=O) groups is 2. The van der Waals surface area contributed by atoms with Crippen LogP contribution in [0.5, 0.6) is 0 Å². The Kier molecular flexibility index (Phi) is 8.70. The first kappa shape index (κ1) is 24.1. The first-order valence-electron chi connectivity index (χ1n) is 11.1. The molecule has 0 heterocycles. The summed E-state index contributed by atoms with van der Waals surface area (Å²) in [4.78, 5) is 28.2. The Bertz CT molecular complexity index is 1040. The van der Waals surface area contributed by atoms with Gasteiger partial charge >= 0.3 is 0 Å². The van der Waals surface area contributed by atoms with E-state index in [9.17, 15) is 18.4 Å². The average Bonchev–Trinajstić information content (AvgIpc) is 2.83. The van der Waals surface area contributed by atoms with Crippen molar-refractivity contribution in [2.75, 3.05) is 6.54 Å². The van der Waals surface area contributed by atoms with Crippen LogP contribution in [-0.2, 0) is 29.0 Å². The monoisotopic (exact) mass is 450 g/mol. The summed E-state index contributed by atoms with van der Waals surface area (Å²) in [5.74, 6) is -1.26. The van der Waals surface area contributed by atoms with Crippen molar-refractivity contribution in [3.63, 3.8) is 0 Å². The number of amides is 2. The summed E-state index contributed by atoms with van der Waals surface area (Å²) in [6.45, 7) is 2.61. The predicted octanol–water partition coefficient (Wildman–Crippen LogP) is 4.67. The zero-order chi connectivity index (χ0) is 23.6. The molecule has 0 spiro atoms. The van der Waals surface area contributed by atoms with E-state index in [1.165, 1.54) is 29.2 Å². The van der Waals surface area contributed by atoms with Crippen LogP contribution in [0, 0.1) is 11.6 Å². The standard InChI is InChI=1S/C27H28F2N2O2/c1-2-16-30-27(33)25(17-20-6-4-3-5-7-20)31(19-22-10-14-24(29)15-11-22)26(32)18-21-8-12-23(28)13-9-21/h3-15,25H,2,16-19H2,1H3,(H,30,33)/t25-/m0/s1. The van der Waals surface area contributed by atoms with Crippen molar-refractivity contribution in [1.82, 2.24) is 10.2 Å². The van der Waals surface area contributed by atoms with E-state index in [-0.39, 0.29) is 36.4 Å². The summed E-state index contributed by atoms with van der Waals surface area (Å²) < 4.78 is 26.8. The van der Waals surface area contributed by atoms with Crippen LogP contribution in [0.2, 0.25) is 0 Å². The number of benzene rings is 3. The van der Waals surface area contributed by atoms with Crippen molar-refractivity contribution >= 4 is 11.8 Å². The Morgan fingerprint density at radius 2 is 1.39 bits per heavy atom. The van der Waals surface area contributed by atoms with Crippen molar-refractivity contribution in [1.29, 1.82) is 0 Å². The number of rotatable bonds is 10. The molecule has 0 saturated carbocycles. The summed E-state index contributed by atoms with van der Waals surface area (Å²) in [7, 11) is 0. The number of carbonyl (C=O) groups excluding carboxylic acids is 2. The molecule has 1 atom stereocenters. The van der Waals surface area contributed by atoms with Crippen LogP contribution in [0.25, 0.3) is 0 Å². The molecule has 0 radical (unpaired) electrons. The lowest BCUT2D eigenvalue weighted by atomic mass is 10.0. The van der Waals surface area contributed by atoms with Crippen molar-refractivity contribution in [2.24, 2.45) is 0 Å². The van der Waals surface area contributed by atoms with E-state index in [0.717, 1.165) is 12.0 Å². The predicted molar refractivity (Wildman–Crippen MR) is 124 cm³/mol. The Balaban J connectivity index is 1.93. The average molecular weight is 451 g/mol. The molecule has 1 N–H and O–H groups in total. The van der Waals surface area contributed by atoms with Gasteiger partial charge in [-0.3, -0.25) is 9.59 Å². The summed E-state index contributed by atoms with van der Waals surface area (Å²) in [5, 5.41) is 2.91. The Hall–Kier alpha value is -3.54. The molecule has 0 aliphatic rings. The zero-order valence-electron chi connectivity index (χ0n) is 18.6. The molecule has 3 aromatic carbocycles. The van der Waals surface area contributed by atoms with Crippen molar-refractivity contribution < 1.29 is 18.4 Å². The maximum Gasteiger partial charge on any atom is 0.243 e. The van der Waals surface area contributed by atoms with Gasteiger partial charge in [-0.25, -0.2) is 8.78 Å². The minimum absolute atomic E-state index is 0.0216. The second-order valence-corrected chi connectivity index (χ2v) is 7.95. The van der Waals surface area contributed by atoms with Crippen LogP contribution in [0.1, 0.15) is 30.0 Å². The Labute approximate surface area is 193 Å². The fourth-order valence-electron chi connectivity index (χ4n) is 3.58. The number of nitrogens with zero attached hydrogens (tertiary/aromatic N) is 1. The molecular formula is C27H28F2N2O2. The molecular weight excluding hydrogens is 422 g/mol. The molecule has 0 bridgehead atoms. The van der Waals surface area contributed by atoms with E-state index in [1.54, 1.807) is 24.3 Å². The fourth-order valence-corrected chi connectivity index (χ4v) is 3.58. The number of nitrogens with one attached hydrogen (secondary N) is 1. The van der Waals surface area contributed by atoms with Gasteiger partial charge in [-0.1, -0.05) is 61.5 Å². The quantitative estimate of drug-likeness (QED) is 0.488. The second kappa shape index (κ2) is 11.9. The van der Waals surface area contributed by atoms with E-state index in [2.05, 4.69) is 5.32 Å². The molecule has 0 fully saturated rings. The van der Waals surface area contributed by atoms with Gasteiger partial charge in [0.2, 0.25) is 11.8 Å². The first-order valence-corrected chi connectivity index (χ1v) is 11.1. The van der Waals surface area contributed by atoms with Gasteiger partial charge in [0.05, 0.1) is 6.42 Å². The van der Waals surface area contributed by atoms with Gasteiger partial charge in [0.15, 0.2) is 0 Å². The van der Waals surface area contributed by atoms with E-state index < -0.39 is 6.04 Å². The van der Waals surface area contributed by atoms with E-state index in [1.807, 2.05) is 37.3 Å². The minimum atomic E-state index is -0.753. The first-order chi connectivity index (χ1) is 16.0. The van der Waals surface area contributed by atoms with Crippen LogP contribution in [0.3, 0.4) is 0 Å². The van der Waals surface area contributed by atoms with Crippen LogP contribution in [0.4, 0.5) is 8.78 Å². The van der Waals surface area contributed by atoms with Gasteiger partial charge in [-0.2, -0.15) is 0 Å². The molecule has 0 saturated heterocycles. The highest BCUT2D eigenvalue weighted by Crippen LogP contribution is 2.17. The topological polar surface area (TPSA) is 49.4 Å². The van der Waals surface area contributed by atoms with Crippen LogP contribution in [-0.4, -0.2) is 29.3 Å². The lowest BCUT2D eigenvalue weighted by Crippen LogP contribution is -2.51. The molecule has 0 aromatic heterocycles. The van der Waals surface area contributed by atoms with E-state index in [0.29, 0.717) is 24.1 Å². The van der Waals surface area contributed by atoms with Crippen molar-refractivity contribution in [3.05, 3.63) is 107 Å². The zero-order valence-corrected chi connectivity index (χ0v) is 18.6. The largest absolute Gasteiger partial charge is 0.354 e. The molecule has 2 amide bonds. The van der Waals surface area contributed by atoms with Crippen LogP contribution < -0.4 is 5.32 Å². The number of hydrogen-bond acceptors (Lipinski definition) is 2. The normalized spacial score (nSPS) is 11.6. The van der Waals surface area contributed by atoms with Gasteiger partial charge in [-0.15, -0.1) is 0 Å². The van der Waals surface area contributed by atoms with Crippen molar-refractivity contribution in [3.8, 4) is 0 Å². The summed E-state index contributed by atoms with van der Waals surface area (Å²) in [6, 6.07) is 20.4. The summed E-state index contributed by atoms with van der Waals surface area (Å²) in [6.07, 6.45) is 1.13. The fraction of sp³-hybridized carbons (Fsp3) is 0.259. The Morgan fingerprint density at radius 1 is 0.818 bits per heavy atom. The van der Waals surface area contributed by atoms with Crippen molar-refractivity contribution in [2.45, 2.75) is 38.8 Å². The van der Waals surface area contributed by atoms with E-state index in [4.69, 9.17) is 0 Å². The molecule has 6 heteroatoms. The highest BCUT2D eigenvalue weighted by atomic mass is 19.1.